The average Bonchev–Trinajstić information content (AvgIpc) is 3.17. The molecule has 0 aliphatic carbocycles. The Balaban J connectivity index is 0.00000320. The van der Waals surface area contributed by atoms with Gasteiger partial charge in [0.15, 0.2) is 5.96 Å². The molecular formula is C21H37IN6O2. The van der Waals surface area contributed by atoms with Crippen LogP contribution in [0, 0.1) is 12.8 Å². The molecule has 3 rings (SSSR count). The molecule has 0 spiro atoms. The first-order valence-electron chi connectivity index (χ1n) is 11.1. The number of morpholine rings is 1. The molecule has 0 bridgehead atoms. The van der Waals surface area contributed by atoms with Gasteiger partial charge in [-0.1, -0.05) is 0 Å². The van der Waals surface area contributed by atoms with Crippen molar-refractivity contribution in [3.05, 3.63) is 18.2 Å². The molecule has 1 N–H and O–H groups in total. The number of piperidine rings is 1. The van der Waals surface area contributed by atoms with Crippen LogP contribution in [0.3, 0.4) is 0 Å². The van der Waals surface area contributed by atoms with Crippen molar-refractivity contribution in [2.24, 2.45) is 10.9 Å². The largest absolute Gasteiger partial charge is 0.378 e. The van der Waals surface area contributed by atoms with E-state index in [1.807, 2.05) is 24.2 Å². The first-order chi connectivity index (χ1) is 14.2. The number of unbranched alkanes of at least 4 members (excludes halogenated alkanes) is 1. The normalized spacial score (nSPS) is 18.3. The number of imidazole rings is 1. The quantitative estimate of drug-likeness (QED) is 0.252. The topological polar surface area (TPSA) is 75.0 Å². The highest BCUT2D eigenvalue weighted by Gasteiger charge is 2.30. The van der Waals surface area contributed by atoms with E-state index in [-0.39, 0.29) is 29.9 Å². The second-order valence-corrected chi connectivity index (χ2v) is 7.81. The Labute approximate surface area is 197 Å². The van der Waals surface area contributed by atoms with Crippen molar-refractivity contribution < 1.29 is 9.53 Å². The number of carbonyl (C=O) groups is 1. The SMILES string of the molecule is CCNC(=NCCCCn1ccnc1C)N1CCC(C(=O)N2CCOCC2)CC1.I. The highest BCUT2D eigenvalue weighted by atomic mass is 127. The Morgan fingerprint density at radius 2 is 1.93 bits per heavy atom. The van der Waals surface area contributed by atoms with Gasteiger partial charge in [-0.15, -0.1) is 24.0 Å². The van der Waals surface area contributed by atoms with Gasteiger partial charge in [0.05, 0.1) is 13.2 Å². The van der Waals surface area contributed by atoms with E-state index >= 15 is 0 Å². The summed E-state index contributed by atoms with van der Waals surface area (Å²) in [5.41, 5.74) is 0. The Bertz CT molecular complexity index is 666. The molecule has 1 aromatic heterocycles. The molecule has 0 saturated carbocycles. The minimum Gasteiger partial charge on any atom is -0.378 e. The van der Waals surface area contributed by atoms with Crippen LogP contribution in [0.25, 0.3) is 0 Å². The molecular weight excluding hydrogens is 495 g/mol. The van der Waals surface area contributed by atoms with E-state index in [2.05, 4.69) is 26.7 Å². The number of likely N-dealkylation sites (tertiary alicyclic amines) is 1. The molecule has 2 fully saturated rings. The van der Waals surface area contributed by atoms with E-state index in [1.54, 1.807) is 0 Å². The standard InChI is InChI=1S/C21H36N6O2.HI/c1-3-22-21(24-8-4-5-10-25-13-9-23-18(25)2)27-11-6-19(7-12-27)20(28)26-14-16-29-17-15-26;/h9,13,19H,3-8,10-12,14-17H2,1-2H3,(H,22,24);1H. The Kier molecular flexibility index (Phi) is 10.9. The minimum absolute atomic E-state index is 0. The lowest BCUT2D eigenvalue weighted by Gasteiger charge is -2.36. The van der Waals surface area contributed by atoms with Crippen LogP contribution in [-0.4, -0.2) is 83.7 Å². The van der Waals surface area contributed by atoms with Gasteiger partial charge in [0.25, 0.3) is 0 Å². The molecule has 8 nitrogen and oxygen atoms in total. The van der Waals surface area contributed by atoms with Crippen LogP contribution >= 0.6 is 24.0 Å². The minimum atomic E-state index is 0. The van der Waals surface area contributed by atoms with Crippen molar-refractivity contribution in [2.75, 3.05) is 52.5 Å². The number of rotatable bonds is 7. The number of aliphatic imine (C=N–C) groups is 1. The molecule has 0 atom stereocenters. The molecule has 0 radical (unpaired) electrons. The van der Waals surface area contributed by atoms with Crippen LogP contribution in [0.2, 0.25) is 0 Å². The van der Waals surface area contributed by atoms with Crippen LogP contribution < -0.4 is 5.32 Å². The lowest BCUT2D eigenvalue weighted by atomic mass is 9.95. The number of guanidine groups is 1. The van der Waals surface area contributed by atoms with Gasteiger partial charge in [-0.2, -0.15) is 0 Å². The van der Waals surface area contributed by atoms with Gasteiger partial charge in [0.2, 0.25) is 5.91 Å². The van der Waals surface area contributed by atoms with Crippen LogP contribution in [0.15, 0.2) is 17.4 Å². The van der Waals surface area contributed by atoms with Gasteiger partial charge >= 0.3 is 0 Å². The lowest BCUT2D eigenvalue weighted by molar-refractivity contribution is -0.140. The van der Waals surface area contributed by atoms with Crippen LogP contribution in [0.1, 0.15) is 38.4 Å². The predicted molar refractivity (Wildman–Crippen MR) is 129 cm³/mol. The third-order valence-electron chi connectivity index (χ3n) is 5.79. The summed E-state index contributed by atoms with van der Waals surface area (Å²) in [6.45, 7) is 11.4. The van der Waals surface area contributed by atoms with Crippen molar-refractivity contribution in [2.45, 2.75) is 46.1 Å². The summed E-state index contributed by atoms with van der Waals surface area (Å²) in [7, 11) is 0. The van der Waals surface area contributed by atoms with Gasteiger partial charge in [-0.3, -0.25) is 9.79 Å². The van der Waals surface area contributed by atoms with Gasteiger partial charge in [-0.05, 0) is 39.5 Å². The maximum absolute atomic E-state index is 12.7. The van der Waals surface area contributed by atoms with Gasteiger partial charge in [0.1, 0.15) is 5.82 Å². The molecule has 0 unspecified atom stereocenters. The number of nitrogens with zero attached hydrogens (tertiary/aromatic N) is 5. The molecule has 170 valence electrons. The summed E-state index contributed by atoms with van der Waals surface area (Å²) >= 11 is 0. The van der Waals surface area contributed by atoms with Crippen molar-refractivity contribution in [1.29, 1.82) is 0 Å². The van der Waals surface area contributed by atoms with Crippen molar-refractivity contribution >= 4 is 35.8 Å². The summed E-state index contributed by atoms with van der Waals surface area (Å²) in [5, 5.41) is 3.42. The maximum atomic E-state index is 12.7. The number of nitrogens with one attached hydrogen (secondary N) is 1. The number of hydrogen-bond donors (Lipinski definition) is 1. The zero-order valence-electron chi connectivity index (χ0n) is 18.4. The fraction of sp³-hybridized carbons (Fsp3) is 0.762. The number of ether oxygens (including phenoxy) is 1. The summed E-state index contributed by atoms with van der Waals surface area (Å²) in [6, 6.07) is 0. The summed E-state index contributed by atoms with van der Waals surface area (Å²) < 4.78 is 7.55. The second kappa shape index (κ2) is 13.1. The zero-order chi connectivity index (χ0) is 20.5. The number of aryl methyl sites for hydroxylation is 2. The molecule has 30 heavy (non-hydrogen) atoms. The smallest absolute Gasteiger partial charge is 0.225 e. The fourth-order valence-corrected chi connectivity index (χ4v) is 4.02. The van der Waals surface area contributed by atoms with E-state index in [1.165, 1.54) is 0 Å². The third kappa shape index (κ3) is 7.11. The highest BCUT2D eigenvalue weighted by molar-refractivity contribution is 14.0. The third-order valence-corrected chi connectivity index (χ3v) is 5.79. The van der Waals surface area contributed by atoms with Gasteiger partial charge in [-0.25, -0.2) is 4.98 Å². The first-order valence-corrected chi connectivity index (χ1v) is 11.1. The van der Waals surface area contributed by atoms with Crippen LogP contribution in [0.4, 0.5) is 0 Å². The van der Waals surface area contributed by atoms with Gasteiger partial charge in [0, 0.05) is 64.1 Å². The van der Waals surface area contributed by atoms with Crippen LogP contribution in [0.5, 0.6) is 0 Å². The lowest BCUT2D eigenvalue weighted by Crippen LogP contribution is -2.50. The van der Waals surface area contributed by atoms with E-state index in [9.17, 15) is 4.79 Å². The molecule has 0 aromatic carbocycles. The Morgan fingerprint density at radius 1 is 1.20 bits per heavy atom. The average molecular weight is 532 g/mol. The molecule has 9 heteroatoms. The predicted octanol–water partition coefficient (Wildman–Crippen LogP) is 2.13. The van der Waals surface area contributed by atoms with E-state index < -0.39 is 0 Å². The zero-order valence-corrected chi connectivity index (χ0v) is 20.7. The maximum Gasteiger partial charge on any atom is 0.225 e. The molecule has 2 saturated heterocycles. The molecule has 3 heterocycles. The van der Waals surface area contributed by atoms with E-state index in [0.29, 0.717) is 19.1 Å². The fourth-order valence-electron chi connectivity index (χ4n) is 4.02. The highest BCUT2D eigenvalue weighted by Crippen LogP contribution is 2.20. The number of hydrogen-bond acceptors (Lipinski definition) is 4. The molecule has 2 aliphatic rings. The summed E-state index contributed by atoms with van der Waals surface area (Å²) in [4.78, 5) is 26.1. The molecule has 1 aromatic rings. The summed E-state index contributed by atoms with van der Waals surface area (Å²) in [6.07, 6.45) is 7.84. The van der Waals surface area contributed by atoms with E-state index in [0.717, 1.165) is 83.3 Å². The molecule has 1 amide bonds. The Morgan fingerprint density at radius 3 is 2.57 bits per heavy atom. The van der Waals surface area contributed by atoms with Crippen molar-refractivity contribution in [3.63, 3.8) is 0 Å². The Hall–Kier alpha value is -1.36. The second-order valence-electron chi connectivity index (χ2n) is 7.81. The molecule has 2 aliphatic heterocycles. The first kappa shape index (κ1) is 24.9. The van der Waals surface area contributed by atoms with Gasteiger partial charge < -0.3 is 24.4 Å². The van der Waals surface area contributed by atoms with Crippen LogP contribution in [-0.2, 0) is 16.1 Å². The number of carbonyl (C=O) groups excluding carboxylic acids is 1. The van der Waals surface area contributed by atoms with Crippen molar-refractivity contribution in [1.82, 2.24) is 24.7 Å². The summed E-state index contributed by atoms with van der Waals surface area (Å²) in [5.74, 6) is 2.51. The number of amides is 1. The number of aromatic nitrogens is 2. The van der Waals surface area contributed by atoms with E-state index in [4.69, 9.17) is 9.73 Å². The number of halogens is 1. The van der Waals surface area contributed by atoms with Crippen molar-refractivity contribution in [3.8, 4) is 0 Å². The monoisotopic (exact) mass is 532 g/mol.